The Kier molecular flexibility index (Phi) is 7.65. The lowest BCUT2D eigenvalue weighted by Crippen LogP contribution is -2.57. The molecule has 0 unspecified atom stereocenters. The van der Waals surface area contributed by atoms with E-state index in [1.165, 1.54) is 7.05 Å². The summed E-state index contributed by atoms with van der Waals surface area (Å²) >= 11 is 0. The van der Waals surface area contributed by atoms with Crippen LogP contribution in [0.25, 0.3) is 0 Å². The molecule has 0 spiro atoms. The van der Waals surface area contributed by atoms with Crippen LogP contribution < -0.4 is 15.3 Å². The molecule has 154 valence electrons. The predicted octanol–water partition coefficient (Wildman–Crippen LogP) is -1.52. The summed E-state index contributed by atoms with van der Waals surface area (Å²) in [5.74, 6) is -2.72. The van der Waals surface area contributed by atoms with Gasteiger partial charge in [-0.2, -0.15) is 13.1 Å². The molecular formula is C13H22FN5O7S. The first-order valence-corrected chi connectivity index (χ1v) is 9.18. The molecule has 0 aromatic rings. The fourth-order valence-corrected chi connectivity index (χ4v) is 2.84. The van der Waals surface area contributed by atoms with E-state index in [4.69, 9.17) is 10.2 Å². The zero-order chi connectivity index (χ0) is 20.9. The molecule has 14 heteroatoms. The third kappa shape index (κ3) is 6.74. The fourth-order valence-electron chi connectivity index (χ4n) is 2.47. The minimum absolute atomic E-state index is 0.0589. The van der Waals surface area contributed by atoms with Crippen LogP contribution in [-0.2, 0) is 24.6 Å². The van der Waals surface area contributed by atoms with Gasteiger partial charge in [0.1, 0.15) is 6.04 Å². The smallest absolute Gasteiger partial charge is 0.368 e. The van der Waals surface area contributed by atoms with Gasteiger partial charge in [0.15, 0.2) is 0 Å². The first kappa shape index (κ1) is 22.8. The number of carboxylic acid groups (broad SMARTS) is 1. The second kappa shape index (κ2) is 9.07. The molecule has 3 atom stereocenters. The topological polar surface area (TPSA) is 171 Å². The molecule has 27 heavy (non-hydrogen) atoms. The summed E-state index contributed by atoms with van der Waals surface area (Å²) < 4.78 is 36.8. The van der Waals surface area contributed by atoms with E-state index < -0.39 is 47.2 Å². The number of aliphatic carboxylic acids is 1. The summed E-state index contributed by atoms with van der Waals surface area (Å²) in [4.78, 5) is 41.5. The molecule has 0 saturated heterocycles. The van der Waals surface area contributed by atoms with Gasteiger partial charge in [-0.1, -0.05) is 13.0 Å². The number of hydroxylamine groups is 1. The van der Waals surface area contributed by atoms with Crippen molar-refractivity contribution in [3.63, 3.8) is 0 Å². The monoisotopic (exact) mass is 411 g/mol. The summed E-state index contributed by atoms with van der Waals surface area (Å²) in [6, 6.07) is -2.15. The van der Waals surface area contributed by atoms with Crippen molar-refractivity contribution in [2.45, 2.75) is 26.2 Å². The van der Waals surface area contributed by atoms with E-state index in [9.17, 15) is 27.2 Å². The highest BCUT2D eigenvalue weighted by Gasteiger charge is 2.37. The van der Waals surface area contributed by atoms with Gasteiger partial charge in [0.05, 0.1) is 6.67 Å². The molecule has 1 heterocycles. The lowest BCUT2D eigenvalue weighted by Gasteiger charge is -2.38. The number of rotatable bonds is 7. The number of likely N-dealkylation sites (N-methyl/N-ethyl adjacent to an activating group) is 1. The Balaban J connectivity index is 2.94. The average Bonchev–Trinajstić information content (AvgIpc) is 2.55. The lowest BCUT2D eigenvalue weighted by atomic mass is 9.95. The molecule has 1 aliphatic heterocycles. The van der Waals surface area contributed by atoms with Crippen molar-refractivity contribution in [2.24, 2.45) is 11.1 Å². The van der Waals surface area contributed by atoms with Crippen LogP contribution in [0.2, 0.25) is 0 Å². The van der Waals surface area contributed by atoms with Gasteiger partial charge < -0.3 is 14.9 Å². The van der Waals surface area contributed by atoms with Crippen molar-refractivity contribution in [3.05, 3.63) is 11.6 Å². The first-order chi connectivity index (χ1) is 12.3. The molecule has 1 aliphatic rings. The van der Waals surface area contributed by atoms with E-state index in [0.717, 1.165) is 9.80 Å². The number of amides is 3. The molecule has 0 aromatic heterocycles. The Bertz CT molecular complexity index is 729. The molecule has 0 fully saturated rings. The average molecular weight is 411 g/mol. The molecule has 3 amide bonds. The number of nitrogens with one attached hydrogen (secondary N) is 2. The second-order valence-electron chi connectivity index (χ2n) is 6.01. The fraction of sp³-hybridized carbons (Fsp3) is 0.615. The van der Waals surface area contributed by atoms with Gasteiger partial charge in [-0.05, 0) is 18.4 Å². The molecule has 0 bridgehead atoms. The van der Waals surface area contributed by atoms with Crippen LogP contribution in [0.3, 0.4) is 0 Å². The first-order valence-electron chi connectivity index (χ1n) is 7.63. The normalized spacial score (nSPS) is 21.2. The zero-order valence-electron chi connectivity index (χ0n) is 14.9. The van der Waals surface area contributed by atoms with Crippen LogP contribution in [0.1, 0.15) is 13.8 Å². The van der Waals surface area contributed by atoms with Gasteiger partial charge in [0, 0.05) is 13.6 Å². The molecule has 5 N–H and O–H groups in total. The van der Waals surface area contributed by atoms with Gasteiger partial charge in [-0.25, -0.2) is 29.4 Å². The summed E-state index contributed by atoms with van der Waals surface area (Å²) in [7, 11) is -2.74. The third-order valence-corrected chi connectivity index (χ3v) is 4.12. The van der Waals surface area contributed by atoms with Crippen LogP contribution in [0.5, 0.6) is 0 Å². The highest BCUT2D eigenvalue weighted by atomic mass is 32.2. The quantitative estimate of drug-likeness (QED) is 0.224. The number of nitrogens with two attached hydrogens (primary N) is 1. The zero-order valence-corrected chi connectivity index (χ0v) is 15.7. The van der Waals surface area contributed by atoms with Gasteiger partial charge in [0.2, 0.25) is 0 Å². The predicted molar refractivity (Wildman–Crippen MR) is 89.4 cm³/mol. The lowest BCUT2D eigenvalue weighted by molar-refractivity contribution is -0.170. The van der Waals surface area contributed by atoms with Crippen molar-refractivity contribution in [1.29, 1.82) is 0 Å². The number of hydrogen-bond donors (Lipinski definition) is 4. The van der Waals surface area contributed by atoms with Crippen molar-refractivity contribution in [1.82, 2.24) is 20.0 Å². The second-order valence-corrected chi connectivity index (χ2v) is 7.38. The highest BCUT2D eigenvalue weighted by molar-refractivity contribution is 7.87. The third-order valence-electron chi connectivity index (χ3n) is 3.59. The van der Waals surface area contributed by atoms with Crippen molar-refractivity contribution in [3.8, 4) is 0 Å². The maximum atomic E-state index is 13.0. The summed E-state index contributed by atoms with van der Waals surface area (Å²) in [5, 5.41) is 13.2. The largest absolute Gasteiger partial charge is 0.477 e. The van der Waals surface area contributed by atoms with Crippen LogP contribution in [0.15, 0.2) is 11.6 Å². The van der Waals surface area contributed by atoms with Gasteiger partial charge in [-0.15, -0.1) is 0 Å². The molecule has 12 nitrogen and oxygen atoms in total. The van der Waals surface area contributed by atoms with E-state index in [-0.39, 0.29) is 12.5 Å². The van der Waals surface area contributed by atoms with E-state index in [2.05, 4.69) is 4.84 Å². The van der Waals surface area contributed by atoms with Crippen LogP contribution in [-0.4, -0.2) is 73.9 Å². The van der Waals surface area contributed by atoms with Crippen LogP contribution >= 0.6 is 0 Å². The van der Waals surface area contributed by atoms with Crippen LogP contribution in [0, 0.1) is 5.92 Å². The Morgan fingerprint density at radius 2 is 2.11 bits per heavy atom. The highest BCUT2D eigenvalue weighted by Crippen LogP contribution is 2.23. The number of halogens is 1. The van der Waals surface area contributed by atoms with E-state index >= 15 is 0 Å². The van der Waals surface area contributed by atoms with E-state index in [0.29, 0.717) is 5.57 Å². The van der Waals surface area contributed by atoms with Gasteiger partial charge in [0.25, 0.3) is 16.1 Å². The molecular weight excluding hydrogens is 389 g/mol. The number of urea groups is 1. The minimum atomic E-state index is -4.03. The summed E-state index contributed by atoms with van der Waals surface area (Å²) in [6.45, 7) is 2.99. The Morgan fingerprint density at radius 3 is 2.63 bits per heavy atom. The Labute approximate surface area is 155 Å². The molecule has 0 saturated carbocycles. The summed E-state index contributed by atoms with van der Waals surface area (Å²) in [5.41, 5.74) is 2.15. The summed E-state index contributed by atoms with van der Waals surface area (Å²) in [6.07, 6.45) is -1.02. The standard InChI is InChI=1S/C13H22FN5O7S/c1-7-4-8(2)9(11(20)18(3)6-16-27(15,24)25)19(5-7)13(23)17-26-10(14)12(21)22/h4,7,9-10,16H,5-6H2,1-3H3,(H,17,23)(H,21,22)(H2,15,24,25)/t7-,9+,10-/m1/s1. The number of hydrogen-bond acceptors (Lipinski definition) is 6. The molecule has 0 aromatic carbocycles. The molecule has 0 aliphatic carbocycles. The number of nitrogens with zero attached hydrogens (tertiary/aromatic N) is 2. The maximum Gasteiger partial charge on any atom is 0.368 e. The number of alkyl halides is 1. The van der Waals surface area contributed by atoms with Crippen molar-refractivity contribution in [2.75, 3.05) is 20.3 Å². The maximum absolute atomic E-state index is 13.0. The number of carboxylic acids is 1. The molecule has 1 rings (SSSR count). The van der Waals surface area contributed by atoms with E-state index in [1.54, 1.807) is 25.4 Å². The number of carbonyl (C=O) groups excluding carboxylic acids is 2. The molecule has 0 radical (unpaired) electrons. The number of carbonyl (C=O) groups is 3. The van der Waals surface area contributed by atoms with E-state index in [1.807, 2.05) is 4.72 Å². The van der Waals surface area contributed by atoms with Crippen molar-refractivity contribution < 1.29 is 37.1 Å². The SMILES string of the molecule is CC1=C[C@@H](C)CN(C(=O)NO[C@@H](F)C(=O)O)[C@@H]1C(=O)N(C)CNS(N)(=O)=O. The van der Waals surface area contributed by atoms with Crippen molar-refractivity contribution >= 4 is 28.1 Å². The van der Waals surface area contributed by atoms with Crippen LogP contribution in [0.4, 0.5) is 9.18 Å². The minimum Gasteiger partial charge on any atom is -0.477 e. The Morgan fingerprint density at radius 1 is 1.52 bits per heavy atom. The van der Waals surface area contributed by atoms with Gasteiger partial charge in [-0.3, -0.25) is 4.79 Å². The van der Waals surface area contributed by atoms with Gasteiger partial charge >= 0.3 is 18.4 Å². The Hall–Kier alpha value is -2.29.